The molecule has 6 heteroatoms. The van der Waals surface area contributed by atoms with Crippen molar-refractivity contribution >= 4 is 40.7 Å². The van der Waals surface area contributed by atoms with Crippen LogP contribution in [0.1, 0.15) is 11.1 Å². The summed E-state index contributed by atoms with van der Waals surface area (Å²) < 4.78 is 1.89. The molecule has 4 nitrogen and oxygen atoms in total. The molecule has 23 heavy (non-hydrogen) atoms. The fourth-order valence-corrected chi connectivity index (χ4v) is 2.91. The van der Waals surface area contributed by atoms with Crippen LogP contribution < -0.4 is 5.32 Å². The van der Waals surface area contributed by atoms with E-state index in [-0.39, 0.29) is 5.91 Å². The molecular formula is C17H14ClN3OS. The topological polar surface area (TPSA) is 46.9 Å². The van der Waals surface area contributed by atoms with Crippen molar-refractivity contribution in [1.29, 1.82) is 0 Å². The summed E-state index contributed by atoms with van der Waals surface area (Å²) in [6.45, 7) is 0.647. The van der Waals surface area contributed by atoms with Crippen LogP contribution in [0.2, 0.25) is 5.02 Å². The number of carbonyl (C=O) groups excluding carboxylic acids is 1. The lowest BCUT2D eigenvalue weighted by Gasteiger charge is -2.02. The van der Waals surface area contributed by atoms with Crippen LogP contribution in [0.25, 0.3) is 6.08 Å². The lowest BCUT2D eigenvalue weighted by atomic mass is 10.2. The number of benzene rings is 1. The summed E-state index contributed by atoms with van der Waals surface area (Å²) in [7, 11) is 0. The van der Waals surface area contributed by atoms with Gasteiger partial charge >= 0.3 is 0 Å². The standard InChI is InChI=1S/C17H14ClN3OS/c18-15-3-1-2-14(8-15)9-21-10-16(19-12-21)20-17(22)5-4-13-6-7-23-11-13/h1-8,10-12H,9H2,(H,20,22)/b5-4+. The first-order valence-electron chi connectivity index (χ1n) is 6.96. The third-order valence-electron chi connectivity index (χ3n) is 3.11. The van der Waals surface area contributed by atoms with Crippen LogP contribution in [0, 0.1) is 0 Å². The number of nitrogens with one attached hydrogen (secondary N) is 1. The lowest BCUT2D eigenvalue weighted by molar-refractivity contribution is -0.111. The summed E-state index contributed by atoms with van der Waals surface area (Å²) in [4.78, 5) is 16.0. The molecule has 3 rings (SSSR count). The van der Waals surface area contributed by atoms with E-state index < -0.39 is 0 Å². The molecule has 1 aromatic carbocycles. The van der Waals surface area contributed by atoms with Gasteiger partial charge in [-0.05, 0) is 46.2 Å². The highest BCUT2D eigenvalue weighted by Gasteiger charge is 2.03. The SMILES string of the molecule is O=C(/C=C/c1ccsc1)Nc1cn(Cc2cccc(Cl)c2)cn1. The van der Waals surface area contributed by atoms with Gasteiger partial charge in [-0.15, -0.1) is 0 Å². The Kier molecular flexibility index (Phi) is 4.90. The van der Waals surface area contributed by atoms with Crippen molar-refractivity contribution in [3.05, 3.63) is 75.8 Å². The van der Waals surface area contributed by atoms with Crippen molar-refractivity contribution in [2.45, 2.75) is 6.54 Å². The summed E-state index contributed by atoms with van der Waals surface area (Å²) in [6, 6.07) is 9.60. The average molecular weight is 344 g/mol. The molecule has 0 radical (unpaired) electrons. The van der Waals surface area contributed by atoms with Crippen molar-refractivity contribution in [2.24, 2.45) is 0 Å². The molecule has 0 spiro atoms. The molecule has 1 N–H and O–H groups in total. The molecule has 0 atom stereocenters. The summed E-state index contributed by atoms with van der Waals surface area (Å²) in [5.74, 6) is 0.316. The molecule has 0 unspecified atom stereocenters. The summed E-state index contributed by atoms with van der Waals surface area (Å²) in [5, 5.41) is 7.39. The number of thiophene rings is 1. The van der Waals surface area contributed by atoms with Gasteiger partial charge in [-0.2, -0.15) is 11.3 Å². The van der Waals surface area contributed by atoms with Crippen molar-refractivity contribution in [3.63, 3.8) is 0 Å². The number of aromatic nitrogens is 2. The molecule has 3 aromatic rings. The first-order valence-corrected chi connectivity index (χ1v) is 8.28. The predicted octanol–water partition coefficient (Wildman–Crippen LogP) is 4.30. The van der Waals surface area contributed by atoms with E-state index in [0.29, 0.717) is 17.4 Å². The maximum atomic E-state index is 11.9. The first kappa shape index (κ1) is 15.5. The molecule has 0 aliphatic carbocycles. The Morgan fingerprint density at radius 2 is 2.30 bits per heavy atom. The number of hydrogen-bond donors (Lipinski definition) is 1. The number of rotatable bonds is 5. The molecule has 2 heterocycles. The van der Waals surface area contributed by atoms with Gasteiger partial charge in [0.2, 0.25) is 5.91 Å². The fraction of sp³-hybridized carbons (Fsp3) is 0.0588. The van der Waals surface area contributed by atoms with Crippen LogP contribution in [-0.2, 0) is 11.3 Å². The van der Waals surface area contributed by atoms with Crippen LogP contribution in [0.15, 0.2) is 59.7 Å². The zero-order valence-electron chi connectivity index (χ0n) is 12.1. The first-order chi connectivity index (χ1) is 11.2. The highest BCUT2D eigenvalue weighted by atomic mass is 35.5. The zero-order chi connectivity index (χ0) is 16.1. The zero-order valence-corrected chi connectivity index (χ0v) is 13.7. The van der Waals surface area contributed by atoms with Gasteiger partial charge in [-0.25, -0.2) is 4.98 Å². The summed E-state index contributed by atoms with van der Waals surface area (Å²) in [5.41, 5.74) is 2.08. The Morgan fingerprint density at radius 1 is 1.39 bits per heavy atom. The highest BCUT2D eigenvalue weighted by Crippen LogP contribution is 2.13. The summed E-state index contributed by atoms with van der Waals surface area (Å²) in [6.07, 6.45) is 6.74. The molecule has 0 saturated heterocycles. The molecule has 0 aliphatic heterocycles. The van der Waals surface area contributed by atoms with Crippen LogP contribution >= 0.6 is 22.9 Å². The minimum atomic E-state index is -0.204. The monoisotopic (exact) mass is 343 g/mol. The maximum Gasteiger partial charge on any atom is 0.249 e. The van der Waals surface area contributed by atoms with E-state index in [9.17, 15) is 4.79 Å². The second-order valence-corrected chi connectivity index (χ2v) is 6.16. The Hall–Kier alpha value is -2.37. The van der Waals surface area contributed by atoms with Crippen LogP contribution in [-0.4, -0.2) is 15.5 Å². The fourth-order valence-electron chi connectivity index (χ4n) is 2.07. The van der Waals surface area contributed by atoms with E-state index in [2.05, 4.69) is 10.3 Å². The third kappa shape index (κ3) is 4.55. The Labute approximate surface area is 143 Å². The van der Waals surface area contributed by atoms with Gasteiger partial charge in [0.25, 0.3) is 0 Å². The number of halogens is 1. The van der Waals surface area contributed by atoms with Crippen LogP contribution in [0.4, 0.5) is 5.82 Å². The number of nitrogens with zero attached hydrogens (tertiary/aromatic N) is 2. The lowest BCUT2D eigenvalue weighted by Crippen LogP contribution is -2.07. The second kappa shape index (κ2) is 7.26. The number of carbonyl (C=O) groups is 1. The largest absolute Gasteiger partial charge is 0.331 e. The number of anilines is 1. The van der Waals surface area contributed by atoms with Gasteiger partial charge < -0.3 is 9.88 Å². The third-order valence-corrected chi connectivity index (χ3v) is 4.05. The average Bonchev–Trinajstić information content (AvgIpc) is 3.17. The van der Waals surface area contributed by atoms with E-state index in [1.165, 1.54) is 6.08 Å². The normalized spacial score (nSPS) is 11.0. The minimum absolute atomic E-state index is 0.204. The minimum Gasteiger partial charge on any atom is -0.331 e. The van der Waals surface area contributed by atoms with Crippen molar-refractivity contribution in [3.8, 4) is 0 Å². The van der Waals surface area contributed by atoms with Crippen molar-refractivity contribution in [2.75, 3.05) is 5.32 Å². The molecule has 0 aliphatic rings. The Morgan fingerprint density at radius 3 is 3.09 bits per heavy atom. The van der Waals surface area contributed by atoms with Gasteiger partial charge in [0, 0.05) is 23.8 Å². The van der Waals surface area contributed by atoms with Gasteiger partial charge in [0.05, 0.1) is 6.33 Å². The quantitative estimate of drug-likeness (QED) is 0.702. The molecule has 0 saturated carbocycles. The molecule has 116 valence electrons. The number of hydrogen-bond acceptors (Lipinski definition) is 3. The van der Waals surface area contributed by atoms with E-state index >= 15 is 0 Å². The van der Waals surface area contributed by atoms with Crippen LogP contribution in [0.3, 0.4) is 0 Å². The Balaban J connectivity index is 1.59. The van der Waals surface area contributed by atoms with E-state index in [1.807, 2.05) is 45.7 Å². The van der Waals surface area contributed by atoms with Gasteiger partial charge in [-0.3, -0.25) is 4.79 Å². The molecule has 2 aromatic heterocycles. The van der Waals surface area contributed by atoms with Gasteiger partial charge in [0.15, 0.2) is 5.82 Å². The number of imidazole rings is 1. The van der Waals surface area contributed by atoms with Crippen molar-refractivity contribution < 1.29 is 4.79 Å². The predicted molar refractivity (Wildman–Crippen MR) is 94.8 cm³/mol. The molecular weight excluding hydrogens is 330 g/mol. The number of amides is 1. The van der Waals surface area contributed by atoms with E-state index in [1.54, 1.807) is 29.9 Å². The van der Waals surface area contributed by atoms with Gasteiger partial charge in [0.1, 0.15) is 0 Å². The van der Waals surface area contributed by atoms with Gasteiger partial charge in [-0.1, -0.05) is 23.7 Å². The van der Waals surface area contributed by atoms with E-state index in [0.717, 1.165) is 11.1 Å². The van der Waals surface area contributed by atoms with Crippen LogP contribution in [0.5, 0.6) is 0 Å². The Bertz CT molecular complexity index is 824. The molecule has 0 bridgehead atoms. The van der Waals surface area contributed by atoms with Crippen molar-refractivity contribution in [1.82, 2.24) is 9.55 Å². The molecule has 1 amide bonds. The smallest absolute Gasteiger partial charge is 0.249 e. The van der Waals surface area contributed by atoms with E-state index in [4.69, 9.17) is 11.6 Å². The highest BCUT2D eigenvalue weighted by molar-refractivity contribution is 7.08. The second-order valence-electron chi connectivity index (χ2n) is 4.94. The summed E-state index contributed by atoms with van der Waals surface area (Å²) >= 11 is 7.57. The molecule has 0 fully saturated rings. The maximum absolute atomic E-state index is 11.9.